The summed E-state index contributed by atoms with van der Waals surface area (Å²) in [6.07, 6.45) is 3.27. The highest BCUT2D eigenvalue weighted by atomic mass is 19.2. The molecule has 0 heterocycles. The maximum atomic E-state index is 13.4. The highest BCUT2D eigenvalue weighted by Crippen LogP contribution is 2.30. The Morgan fingerprint density at radius 2 is 1.41 bits per heavy atom. The van der Waals surface area contributed by atoms with Gasteiger partial charge in [0.1, 0.15) is 0 Å². The van der Waals surface area contributed by atoms with Crippen molar-refractivity contribution in [2.45, 2.75) is 46.0 Å². The molecule has 0 saturated heterocycles. The minimum Gasteiger partial charge on any atom is -0.420 e. The van der Waals surface area contributed by atoms with Crippen LogP contribution >= 0.6 is 0 Å². The van der Waals surface area contributed by atoms with Crippen molar-refractivity contribution in [2.75, 3.05) is 0 Å². The molecule has 0 saturated carbocycles. The summed E-state index contributed by atoms with van der Waals surface area (Å²) >= 11 is 0. The molecule has 0 aliphatic carbocycles. The number of carbonyl (C=O) groups is 1. The summed E-state index contributed by atoms with van der Waals surface area (Å²) in [4.78, 5) is 11.9. The van der Waals surface area contributed by atoms with Crippen molar-refractivity contribution in [3.05, 3.63) is 29.1 Å². The second-order valence-electron chi connectivity index (χ2n) is 4.92. The van der Waals surface area contributed by atoms with Crippen molar-refractivity contribution in [1.82, 2.24) is 0 Å². The van der Waals surface area contributed by atoms with Gasteiger partial charge in [-0.1, -0.05) is 33.1 Å². The van der Waals surface area contributed by atoms with Gasteiger partial charge >= 0.3 is 5.97 Å². The van der Waals surface area contributed by atoms with Crippen molar-refractivity contribution >= 4 is 5.97 Å². The van der Waals surface area contributed by atoms with Crippen LogP contribution in [0.3, 0.4) is 0 Å². The third-order valence-corrected chi connectivity index (χ3v) is 3.35. The van der Waals surface area contributed by atoms with Crippen molar-refractivity contribution in [3.8, 4) is 5.75 Å². The van der Waals surface area contributed by atoms with Gasteiger partial charge in [-0.25, -0.2) is 13.2 Å². The molecule has 1 rings (SSSR count). The fourth-order valence-electron chi connectivity index (χ4n) is 1.99. The minimum atomic E-state index is -2.29. The predicted octanol–water partition coefficient (Wildman–Crippen LogP) is 4.89. The zero-order valence-electron chi connectivity index (χ0n) is 12.3. The lowest BCUT2D eigenvalue weighted by Crippen LogP contribution is -2.22. The molecule has 1 unspecified atom stereocenters. The summed E-state index contributed by atoms with van der Waals surface area (Å²) in [6.45, 7) is 3.64. The molecular formula is C15H17F5O2. The Morgan fingerprint density at radius 1 is 0.909 bits per heavy atom. The summed E-state index contributed by atoms with van der Waals surface area (Å²) in [5.74, 6) is -14.0. The molecule has 0 aliphatic rings. The van der Waals surface area contributed by atoms with Crippen LogP contribution in [0, 0.1) is 35.0 Å². The van der Waals surface area contributed by atoms with Crippen LogP contribution in [0.1, 0.15) is 46.0 Å². The number of ether oxygens (including phenoxy) is 1. The van der Waals surface area contributed by atoms with E-state index in [0.717, 1.165) is 12.8 Å². The molecule has 1 atom stereocenters. The number of rotatable bonds is 7. The maximum Gasteiger partial charge on any atom is 0.314 e. The molecule has 7 heteroatoms. The zero-order chi connectivity index (χ0) is 16.9. The van der Waals surface area contributed by atoms with Gasteiger partial charge in [-0.15, -0.1) is 0 Å². The lowest BCUT2D eigenvalue weighted by atomic mass is 9.99. The average Bonchev–Trinajstić information content (AvgIpc) is 2.51. The fourth-order valence-corrected chi connectivity index (χ4v) is 1.99. The Bertz CT molecular complexity index is 516. The van der Waals surface area contributed by atoms with Crippen LogP contribution in [0.5, 0.6) is 5.75 Å². The maximum absolute atomic E-state index is 13.4. The van der Waals surface area contributed by atoms with Crippen molar-refractivity contribution < 1.29 is 31.5 Å². The van der Waals surface area contributed by atoms with E-state index >= 15 is 0 Å². The molecule has 1 aromatic carbocycles. The summed E-state index contributed by atoms with van der Waals surface area (Å²) < 4.78 is 70.3. The standard InChI is InChI=1S/C15H17F5O2/c1-3-5-6-7-8(4-2)15(21)22-14-12(19)10(17)9(16)11(18)13(14)20/h8H,3-7H2,1-2H3. The minimum absolute atomic E-state index is 0.345. The zero-order valence-corrected chi connectivity index (χ0v) is 12.3. The SMILES string of the molecule is CCCCCC(CC)C(=O)Oc1c(F)c(F)c(F)c(F)c1F. The first-order chi connectivity index (χ1) is 10.3. The molecule has 0 aromatic heterocycles. The van der Waals surface area contributed by atoms with Gasteiger partial charge in [-0.05, 0) is 12.8 Å². The average molecular weight is 324 g/mol. The molecule has 22 heavy (non-hydrogen) atoms. The Kier molecular flexibility index (Phi) is 6.77. The van der Waals surface area contributed by atoms with Crippen molar-refractivity contribution in [1.29, 1.82) is 0 Å². The molecular weight excluding hydrogens is 307 g/mol. The van der Waals surface area contributed by atoms with E-state index < -0.39 is 46.7 Å². The second-order valence-corrected chi connectivity index (χ2v) is 4.92. The highest BCUT2D eigenvalue weighted by molar-refractivity contribution is 5.75. The van der Waals surface area contributed by atoms with Crippen LogP contribution in [0.25, 0.3) is 0 Å². The van der Waals surface area contributed by atoms with E-state index in [9.17, 15) is 26.7 Å². The molecule has 124 valence electrons. The number of carbonyl (C=O) groups excluding carboxylic acids is 1. The van der Waals surface area contributed by atoms with E-state index in [1.807, 2.05) is 6.92 Å². The Hall–Kier alpha value is -1.66. The fraction of sp³-hybridized carbons (Fsp3) is 0.533. The predicted molar refractivity (Wildman–Crippen MR) is 69.8 cm³/mol. The lowest BCUT2D eigenvalue weighted by Gasteiger charge is -2.15. The molecule has 1 aromatic rings. The van der Waals surface area contributed by atoms with E-state index in [-0.39, 0.29) is 0 Å². The third-order valence-electron chi connectivity index (χ3n) is 3.35. The second kappa shape index (κ2) is 8.10. The molecule has 2 nitrogen and oxygen atoms in total. The number of halogens is 5. The molecule has 0 N–H and O–H groups in total. The van der Waals surface area contributed by atoms with Gasteiger partial charge in [0.15, 0.2) is 0 Å². The Labute approximate surface area is 125 Å². The smallest absolute Gasteiger partial charge is 0.314 e. The first kappa shape index (κ1) is 18.4. The lowest BCUT2D eigenvalue weighted by molar-refractivity contribution is -0.139. The van der Waals surface area contributed by atoms with E-state index in [2.05, 4.69) is 4.74 Å². The van der Waals surface area contributed by atoms with Crippen LogP contribution in [-0.4, -0.2) is 5.97 Å². The van der Waals surface area contributed by atoms with Crippen LogP contribution in [-0.2, 0) is 4.79 Å². The summed E-state index contributed by atoms with van der Waals surface area (Å²) in [7, 11) is 0. The molecule has 0 radical (unpaired) electrons. The van der Waals surface area contributed by atoms with Crippen molar-refractivity contribution in [2.24, 2.45) is 5.92 Å². The normalized spacial score (nSPS) is 12.3. The number of hydrogen-bond donors (Lipinski definition) is 0. The number of esters is 1. The summed E-state index contributed by atoms with van der Waals surface area (Å²) in [5.41, 5.74) is 0. The van der Waals surface area contributed by atoms with Gasteiger partial charge in [0, 0.05) is 0 Å². The van der Waals surface area contributed by atoms with Crippen molar-refractivity contribution in [3.63, 3.8) is 0 Å². The van der Waals surface area contributed by atoms with Gasteiger partial charge < -0.3 is 4.74 Å². The Morgan fingerprint density at radius 3 is 1.86 bits per heavy atom. The number of benzene rings is 1. The third kappa shape index (κ3) is 3.96. The summed E-state index contributed by atoms with van der Waals surface area (Å²) in [6, 6.07) is 0. The molecule has 0 fully saturated rings. The number of hydrogen-bond acceptors (Lipinski definition) is 2. The molecule has 0 aliphatic heterocycles. The van der Waals surface area contributed by atoms with E-state index in [4.69, 9.17) is 0 Å². The quantitative estimate of drug-likeness (QED) is 0.178. The van der Waals surface area contributed by atoms with Gasteiger partial charge in [0.05, 0.1) is 5.92 Å². The first-order valence-electron chi connectivity index (χ1n) is 7.08. The largest absolute Gasteiger partial charge is 0.420 e. The molecule has 0 bridgehead atoms. The van der Waals surface area contributed by atoms with Gasteiger partial charge in [0.2, 0.25) is 34.8 Å². The van der Waals surface area contributed by atoms with Gasteiger partial charge in [0.25, 0.3) is 0 Å². The number of unbranched alkanes of at least 4 members (excludes halogenated alkanes) is 2. The van der Waals surface area contributed by atoms with Crippen LogP contribution < -0.4 is 4.74 Å². The molecule has 0 amide bonds. The monoisotopic (exact) mass is 324 g/mol. The first-order valence-corrected chi connectivity index (χ1v) is 7.08. The van der Waals surface area contributed by atoms with E-state index in [1.165, 1.54) is 0 Å². The van der Waals surface area contributed by atoms with Crippen LogP contribution in [0.2, 0.25) is 0 Å². The van der Waals surface area contributed by atoms with E-state index in [1.54, 1.807) is 6.92 Å². The van der Waals surface area contributed by atoms with E-state index in [0.29, 0.717) is 19.3 Å². The van der Waals surface area contributed by atoms with Crippen LogP contribution in [0.4, 0.5) is 22.0 Å². The topological polar surface area (TPSA) is 26.3 Å². The van der Waals surface area contributed by atoms with Gasteiger partial charge in [-0.2, -0.15) is 8.78 Å². The molecule has 0 spiro atoms. The summed E-state index contributed by atoms with van der Waals surface area (Å²) in [5, 5.41) is 0. The van der Waals surface area contributed by atoms with Crippen LogP contribution in [0.15, 0.2) is 0 Å². The van der Waals surface area contributed by atoms with Gasteiger partial charge in [-0.3, -0.25) is 4.79 Å². The Balaban J connectivity index is 2.96. The highest BCUT2D eigenvalue weighted by Gasteiger charge is 2.30.